The van der Waals surface area contributed by atoms with E-state index in [4.69, 9.17) is 4.74 Å². The van der Waals surface area contributed by atoms with Gasteiger partial charge in [0.25, 0.3) is 0 Å². The molecule has 1 rings (SSSR count). The lowest BCUT2D eigenvalue weighted by molar-refractivity contribution is 0.0691. The standard InChI is InChI=1S/C23H37BrO3/c1-2-3-4-5-6-7-8-9-10-11-12-13-14-15-19-27-21-18-16-17-20(24)22(21)23(25)26/h16-18H,2-15,19H2,1H3,(H,25,26). The molecule has 0 bridgehead atoms. The van der Waals surface area contributed by atoms with Crippen LogP contribution in [0.15, 0.2) is 22.7 Å². The van der Waals surface area contributed by atoms with Gasteiger partial charge in [-0.05, 0) is 34.5 Å². The molecule has 0 fully saturated rings. The fourth-order valence-corrected chi connectivity index (χ4v) is 3.83. The normalized spacial score (nSPS) is 10.9. The summed E-state index contributed by atoms with van der Waals surface area (Å²) in [7, 11) is 0. The SMILES string of the molecule is CCCCCCCCCCCCCCCCOc1cccc(Br)c1C(=O)O. The summed E-state index contributed by atoms with van der Waals surface area (Å²) < 4.78 is 6.24. The minimum absolute atomic E-state index is 0.211. The molecule has 0 aliphatic heterocycles. The number of halogens is 1. The van der Waals surface area contributed by atoms with Gasteiger partial charge in [-0.3, -0.25) is 0 Å². The van der Waals surface area contributed by atoms with Crippen LogP contribution in [0.4, 0.5) is 0 Å². The summed E-state index contributed by atoms with van der Waals surface area (Å²) in [5, 5.41) is 9.26. The molecule has 0 atom stereocenters. The molecular weight excluding hydrogens is 404 g/mol. The van der Waals surface area contributed by atoms with Crippen LogP contribution in [0.3, 0.4) is 0 Å². The van der Waals surface area contributed by atoms with Crippen molar-refractivity contribution in [1.82, 2.24) is 0 Å². The second-order valence-corrected chi connectivity index (χ2v) is 8.22. The van der Waals surface area contributed by atoms with Crippen LogP contribution in [-0.2, 0) is 0 Å². The summed E-state index contributed by atoms with van der Waals surface area (Å²) >= 11 is 3.27. The van der Waals surface area contributed by atoms with E-state index in [0.29, 0.717) is 16.8 Å². The molecule has 1 aromatic rings. The molecule has 0 aromatic heterocycles. The number of benzene rings is 1. The molecular formula is C23H37BrO3. The predicted octanol–water partition coefficient (Wildman–Crippen LogP) is 8.01. The van der Waals surface area contributed by atoms with Gasteiger partial charge in [0.05, 0.1) is 6.61 Å². The average Bonchev–Trinajstić information content (AvgIpc) is 2.64. The molecule has 27 heavy (non-hydrogen) atoms. The van der Waals surface area contributed by atoms with Gasteiger partial charge in [-0.1, -0.05) is 96.5 Å². The van der Waals surface area contributed by atoms with Gasteiger partial charge < -0.3 is 9.84 Å². The molecule has 0 heterocycles. The summed E-state index contributed by atoms with van der Waals surface area (Å²) in [6.45, 7) is 2.85. The van der Waals surface area contributed by atoms with Crippen molar-refractivity contribution in [1.29, 1.82) is 0 Å². The Kier molecular flexibility index (Phi) is 14.2. The van der Waals surface area contributed by atoms with Crippen LogP contribution in [-0.4, -0.2) is 17.7 Å². The van der Waals surface area contributed by atoms with E-state index < -0.39 is 5.97 Å². The molecule has 0 radical (unpaired) electrons. The minimum Gasteiger partial charge on any atom is -0.493 e. The quantitative estimate of drug-likeness (QED) is 0.249. The summed E-state index contributed by atoms with van der Waals surface area (Å²) in [5.74, 6) is -0.509. The largest absolute Gasteiger partial charge is 0.493 e. The first kappa shape index (κ1) is 24.0. The maximum atomic E-state index is 11.3. The van der Waals surface area contributed by atoms with Gasteiger partial charge in [0.1, 0.15) is 11.3 Å². The Labute approximate surface area is 174 Å². The lowest BCUT2D eigenvalue weighted by Gasteiger charge is -2.10. The smallest absolute Gasteiger partial charge is 0.340 e. The van der Waals surface area contributed by atoms with Crippen LogP contribution in [0.25, 0.3) is 0 Å². The second-order valence-electron chi connectivity index (χ2n) is 7.36. The van der Waals surface area contributed by atoms with Crippen LogP contribution in [0, 0.1) is 0 Å². The maximum Gasteiger partial charge on any atom is 0.340 e. The fraction of sp³-hybridized carbons (Fsp3) is 0.696. The van der Waals surface area contributed by atoms with E-state index >= 15 is 0 Å². The maximum absolute atomic E-state index is 11.3. The Bertz CT molecular complexity index is 516. The first-order chi connectivity index (χ1) is 13.2. The van der Waals surface area contributed by atoms with Gasteiger partial charge in [0, 0.05) is 4.47 Å². The van der Waals surface area contributed by atoms with Crippen LogP contribution in [0.5, 0.6) is 5.75 Å². The van der Waals surface area contributed by atoms with Crippen molar-refractivity contribution < 1.29 is 14.6 Å². The van der Waals surface area contributed by atoms with Crippen molar-refractivity contribution in [2.75, 3.05) is 6.61 Å². The van der Waals surface area contributed by atoms with E-state index in [-0.39, 0.29) is 5.56 Å². The zero-order valence-electron chi connectivity index (χ0n) is 17.0. The minimum atomic E-state index is -0.960. The summed E-state index contributed by atoms with van der Waals surface area (Å²) in [5.41, 5.74) is 0.211. The highest BCUT2D eigenvalue weighted by atomic mass is 79.9. The van der Waals surface area contributed by atoms with Crippen molar-refractivity contribution in [2.45, 2.75) is 96.8 Å². The number of hydrogen-bond donors (Lipinski definition) is 1. The number of carboxylic acids is 1. The number of rotatable bonds is 17. The first-order valence-electron chi connectivity index (χ1n) is 10.8. The highest BCUT2D eigenvalue weighted by molar-refractivity contribution is 9.10. The highest BCUT2D eigenvalue weighted by Gasteiger charge is 2.14. The van der Waals surface area contributed by atoms with E-state index in [0.717, 1.165) is 12.8 Å². The Morgan fingerprint density at radius 2 is 1.33 bits per heavy atom. The third-order valence-corrected chi connectivity index (χ3v) is 5.61. The van der Waals surface area contributed by atoms with Gasteiger partial charge in [-0.2, -0.15) is 0 Å². The third-order valence-electron chi connectivity index (χ3n) is 4.94. The molecule has 0 aliphatic rings. The molecule has 1 aromatic carbocycles. The first-order valence-corrected chi connectivity index (χ1v) is 11.6. The molecule has 0 amide bonds. The fourth-order valence-electron chi connectivity index (χ4n) is 3.31. The lowest BCUT2D eigenvalue weighted by Crippen LogP contribution is -2.05. The van der Waals surface area contributed by atoms with E-state index in [1.54, 1.807) is 18.2 Å². The molecule has 0 unspecified atom stereocenters. The molecule has 154 valence electrons. The van der Waals surface area contributed by atoms with Crippen molar-refractivity contribution in [3.63, 3.8) is 0 Å². The molecule has 1 N–H and O–H groups in total. The number of unbranched alkanes of at least 4 members (excludes halogenated alkanes) is 13. The highest BCUT2D eigenvalue weighted by Crippen LogP contribution is 2.27. The molecule has 0 aliphatic carbocycles. The van der Waals surface area contributed by atoms with Crippen LogP contribution in [0.2, 0.25) is 0 Å². The van der Waals surface area contributed by atoms with Crippen molar-refractivity contribution in [3.05, 3.63) is 28.2 Å². The van der Waals surface area contributed by atoms with Crippen molar-refractivity contribution in [3.8, 4) is 5.75 Å². The second kappa shape index (κ2) is 16.0. The van der Waals surface area contributed by atoms with Crippen LogP contribution < -0.4 is 4.74 Å². The number of ether oxygens (including phenoxy) is 1. The van der Waals surface area contributed by atoms with Crippen LogP contribution >= 0.6 is 15.9 Å². The van der Waals surface area contributed by atoms with E-state index in [2.05, 4.69) is 22.9 Å². The van der Waals surface area contributed by atoms with Gasteiger partial charge >= 0.3 is 5.97 Å². The van der Waals surface area contributed by atoms with E-state index in [1.165, 1.54) is 77.0 Å². The summed E-state index contributed by atoms with van der Waals surface area (Å²) in [6, 6.07) is 5.25. The zero-order chi connectivity index (χ0) is 19.7. The Hall–Kier alpha value is -1.03. The van der Waals surface area contributed by atoms with Gasteiger partial charge in [-0.25, -0.2) is 4.79 Å². The summed E-state index contributed by atoms with van der Waals surface area (Å²) in [6.07, 6.45) is 18.6. The Morgan fingerprint density at radius 1 is 0.852 bits per heavy atom. The number of carbonyl (C=O) groups is 1. The van der Waals surface area contributed by atoms with E-state index in [9.17, 15) is 9.90 Å². The number of carboxylic acid groups (broad SMARTS) is 1. The van der Waals surface area contributed by atoms with Gasteiger partial charge in [0.2, 0.25) is 0 Å². The molecule has 0 saturated heterocycles. The number of aromatic carboxylic acids is 1. The third kappa shape index (κ3) is 11.4. The average molecular weight is 441 g/mol. The van der Waals surface area contributed by atoms with E-state index in [1.807, 2.05) is 0 Å². The molecule has 0 saturated carbocycles. The Morgan fingerprint density at radius 3 is 1.81 bits per heavy atom. The zero-order valence-corrected chi connectivity index (χ0v) is 18.6. The van der Waals surface area contributed by atoms with Crippen molar-refractivity contribution >= 4 is 21.9 Å². The molecule has 0 spiro atoms. The van der Waals surface area contributed by atoms with Gasteiger partial charge in [0.15, 0.2) is 0 Å². The predicted molar refractivity (Wildman–Crippen MR) is 117 cm³/mol. The summed E-state index contributed by atoms with van der Waals surface area (Å²) in [4.78, 5) is 11.3. The molecule has 3 nitrogen and oxygen atoms in total. The topological polar surface area (TPSA) is 46.5 Å². The van der Waals surface area contributed by atoms with Crippen LogP contribution in [0.1, 0.15) is 107 Å². The number of hydrogen-bond acceptors (Lipinski definition) is 2. The van der Waals surface area contributed by atoms with Gasteiger partial charge in [-0.15, -0.1) is 0 Å². The Balaban J connectivity index is 1.94. The molecule has 4 heteroatoms. The monoisotopic (exact) mass is 440 g/mol. The lowest BCUT2D eigenvalue weighted by atomic mass is 10.0. The van der Waals surface area contributed by atoms with Crippen molar-refractivity contribution in [2.24, 2.45) is 0 Å².